The first-order valence-electron chi connectivity index (χ1n) is 5.69. The second kappa shape index (κ2) is 5.02. The number of methoxy groups -OCH3 is 1. The van der Waals surface area contributed by atoms with E-state index in [1.807, 2.05) is 25.1 Å². The van der Waals surface area contributed by atoms with Gasteiger partial charge in [-0.3, -0.25) is 0 Å². The summed E-state index contributed by atoms with van der Waals surface area (Å²) in [4.78, 5) is 0. The minimum absolute atomic E-state index is 0.584. The summed E-state index contributed by atoms with van der Waals surface area (Å²) in [5.74, 6) is 0.906. The molecule has 0 fully saturated rings. The van der Waals surface area contributed by atoms with Crippen molar-refractivity contribution >= 4 is 16.8 Å². The smallest absolute Gasteiger partial charge is 0.126 e. The molecule has 2 rings (SSSR count). The van der Waals surface area contributed by atoms with Gasteiger partial charge in [-0.15, -0.1) is 0 Å². The molecule has 2 aromatic carbocycles. The van der Waals surface area contributed by atoms with Crippen LogP contribution in [0.4, 0.5) is 0 Å². The van der Waals surface area contributed by atoms with Crippen LogP contribution in [0.15, 0.2) is 42.0 Å². The van der Waals surface area contributed by atoms with Crippen molar-refractivity contribution in [1.82, 2.24) is 0 Å². The Bertz CT molecular complexity index is 558. The van der Waals surface area contributed by atoms with Gasteiger partial charge in [-0.25, -0.2) is 0 Å². The Hall–Kier alpha value is -1.80. The molecule has 0 radical (unpaired) electrons. The van der Waals surface area contributed by atoms with E-state index in [0.29, 0.717) is 6.54 Å². The number of rotatable bonds is 3. The number of nitrogens with two attached hydrogens (primary N) is 1. The molecule has 88 valence electrons. The monoisotopic (exact) mass is 227 g/mol. The molecule has 0 spiro atoms. The molecule has 2 heteroatoms. The molecule has 0 saturated carbocycles. The minimum Gasteiger partial charge on any atom is -0.496 e. The summed E-state index contributed by atoms with van der Waals surface area (Å²) in [6.07, 6.45) is 2.13. The zero-order valence-electron chi connectivity index (χ0n) is 10.2. The van der Waals surface area contributed by atoms with E-state index in [9.17, 15) is 0 Å². The first kappa shape index (κ1) is 11.7. The van der Waals surface area contributed by atoms with Gasteiger partial charge in [0.25, 0.3) is 0 Å². The molecular weight excluding hydrogens is 210 g/mol. The van der Waals surface area contributed by atoms with Crippen molar-refractivity contribution in [3.63, 3.8) is 0 Å². The molecular formula is C15H17NO. The van der Waals surface area contributed by atoms with Crippen LogP contribution in [0.2, 0.25) is 0 Å². The van der Waals surface area contributed by atoms with Crippen LogP contribution in [0.25, 0.3) is 16.8 Å². The Morgan fingerprint density at radius 3 is 2.53 bits per heavy atom. The standard InChI is InChI=1S/C15H17NO/c1-11(10-16)9-12-7-8-15(17-2)14-6-4-3-5-13(12)14/h3-9H,10,16H2,1-2H3. The summed E-state index contributed by atoms with van der Waals surface area (Å²) >= 11 is 0. The summed E-state index contributed by atoms with van der Waals surface area (Å²) in [6.45, 7) is 2.62. The van der Waals surface area contributed by atoms with Gasteiger partial charge in [-0.2, -0.15) is 0 Å². The predicted octanol–water partition coefficient (Wildman–Crippen LogP) is 3.21. The van der Waals surface area contributed by atoms with Gasteiger partial charge in [-0.1, -0.05) is 42.0 Å². The first-order chi connectivity index (χ1) is 8.26. The quantitative estimate of drug-likeness (QED) is 0.873. The Kier molecular flexibility index (Phi) is 3.45. The molecule has 2 aromatic rings. The zero-order chi connectivity index (χ0) is 12.3. The lowest BCUT2D eigenvalue weighted by atomic mass is 10.0. The lowest BCUT2D eigenvalue weighted by molar-refractivity contribution is 0.420. The van der Waals surface area contributed by atoms with Crippen LogP contribution in [0.1, 0.15) is 12.5 Å². The fourth-order valence-corrected chi connectivity index (χ4v) is 1.92. The summed E-state index contributed by atoms with van der Waals surface area (Å²) in [6, 6.07) is 12.3. The summed E-state index contributed by atoms with van der Waals surface area (Å²) in [5, 5.41) is 2.33. The van der Waals surface area contributed by atoms with Crippen LogP contribution in [0.5, 0.6) is 5.75 Å². The number of fused-ring (bicyclic) bond motifs is 1. The third-order valence-electron chi connectivity index (χ3n) is 2.86. The summed E-state index contributed by atoms with van der Waals surface area (Å²) in [5.41, 5.74) is 7.98. The van der Waals surface area contributed by atoms with Crippen LogP contribution < -0.4 is 10.5 Å². The Morgan fingerprint density at radius 1 is 1.18 bits per heavy atom. The maximum Gasteiger partial charge on any atom is 0.126 e. The fourth-order valence-electron chi connectivity index (χ4n) is 1.92. The maximum atomic E-state index is 5.63. The highest BCUT2D eigenvalue weighted by atomic mass is 16.5. The predicted molar refractivity (Wildman–Crippen MR) is 73.2 cm³/mol. The Morgan fingerprint density at radius 2 is 1.88 bits per heavy atom. The van der Waals surface area contributed by atoms with Crippen molar-refractivity contribution in [1.29, 1.82) is 0 Å². The van der Waals surface area contributed by atoms with Gasteiger partial charge in [0.2, 0.25) is 0 Å². The van der Waals surface area contributed by atoms with Crippen molar-refractivity contribution in [2.75, 3.05) is 13.7 Å². The van der Waals surface area contributed by atoms with Gasteiger partial charge in [0.15, 0.2) is 0 Å². The molecule has 0 amide bonds. The Labute approximate surface area is 102 Å². The summed E-state index contributed by atoms with van der Waals surface area (Å²) < 4.78 is 5.37. The van der Waals surface area contributed by atoms with Crippen LogP contribution in [-0.2, 0) is 0 Å². The molecule has 0 saturated heterocycles. The third-order valence-corrected chi connectivity index (χ3v) is 2.86. The number of hydrogen-bond donors (Lipinski definition) is 1. The van der Waals surface area contributed by atoms with Crippen LogP contribution >= 0.6 is 0 Å². The highest BCUT2D eigenvalue weighted by Crippen LogP contribution is 2.29. The third kappa shape index (κ3) is 2.32. The van der Waals surface area contributed by atoms with E-state index in [4.69, 9.17) is 10.5 Å². The molecule has 17 heavy (non-hydrogen) atoms. The van der Waals surface area contributed by atoms with Crippen molar-refractivity contribution in [2.24, 2.45) is 5.73 Å². The van der Waals surface area contributed by atoms with Crippen molar-refractivity contribution in [3.05, 3.63) is 47.5 Å². The molecule has 0 aliphatic heterocycles. The SMILES string of the molecule is COc1ccc(C=C(C)CN)c2ccccc12. The molecule has 0 unspecified atom stereocenters. The first-order valence-corrected chi connectivity index (χ1v) is 5.69. The van der Waals surface area contributed by atoms with Gasteiger partial charge in [0.1, 0.15) is 5.75 Å². The summed E-state index contributed by atoms with van der Waals surface area (Å²) in [7, 11) is 1.70. The highest BCUT2D eigenvalue weighted by molar-refractivity contribution is 5.95. The van der Waals surface area contributed by atoms with Gasteiger partial charge < -0.3 is 10.5 Å². The number of hydrogen-bond acceptors (Lipinski definition) is 2. The highest BCUT2D eigenvalue weighted by Gasteiger charge is 2.04. The van der Waals surface area contributed by atoms with E-state index >= 15 is 0 Å². The molecule has 0 aliphatic rings. The average molecular weight is 227 g/mol. The van der Waals surface area contributed by atoms with Gasteiger partial charge >= 0.3 is 0 Å². The lowest BCUT2D eigenvalue weighted by Gasteiger charge is -2.08. The zero-order valence-corrected chi connectivity index (χ0v) is 10.2. The van der Waals surface area contributed by atoms with Crippen molar-refractivity contribution < 1.29 is 4.74 Å². The second-order valence-electron chi connectivity index (χ2n) is 4.10. The molecule has 2 N–H and O–H groups in total. The van der Waals surface area contributed by atoms with E-state index in [2.05, 4.69) is 24.3 Å². The van der Waals surface area contributed by atoms with Gasteiger partial charge in [0.05, 0.1) is 7.11 Å². The Balaban J connectivity index is 2.67. The van der Waals surface area contributed by atoms with Crippen molar-refractivity contribution in [2.45, 2.75) is 6.92 Å². The molecule has 0 bridgehead atoms. The van der Waals surface area contributed by atoms with Gasteiger partial charge in [0, 0.05) is 11.9 Å². The molecule has 0 aromatic heterocycles. The van der Waals surface area contributed by atoms with Crippen LogP contribution in [0.3, 0.4) is 0 Å². The normalized spacial score (nSPS) is 11.8. The molecule has 0 atom stereocenters. The largest absolute Gasteiger partial charge is 0.496 e. The van der Waals surface area contributed by atoms with E-state index in [1.54, 1.807) is 7.11 Å². The second-order valence-corrected chi connectivity index (χ2v) is 4.10. The minimum atomic E-state index is 0.584. The number of benzene rings is 2. The molecule has 0 aliphatic carbocycles. The van der Waals surface area contributed by atoms with Crippen LogP contribution in [0, 0.1) is 0 Å². The topological polar surface area (TPSA) is 35.2 Å². The number of ether oxygens (including phenoxy) is 1. The van der Waals surface area contributed by atoms with E-state index in [-0.39, 0.29) is 0 Å². The van der Waals surface area contributed by atoms with Crippen molar-refractivity contribution in [3.8, 4) is 5.75 Å². The van der Waals surface area contributed by atoms with Gasteiger partial charge in [-0.05, 0) is 23.9 Å². The molecule has 2 nitrogen and oxygen atoms in total. The van der Waals surface area contributed by atoms with E-state index in [1.165, 1.54) is 16.5 Å². The fraction of sp³-hybridized carbons (Fsp3) is 0.200. The lowest BCUT2D eigenvalue weighted by Crippen LogP contribution is -1.99. The maximum absolute atomic E-state index is 5.63. The van der Waals surface area contributed by atoms with E-state index in [0.717, 1.165) is 11.1 Å². The molecule has 0 heterocycles. The van der Waals surface area contributed by atoms with Crippen LogP contribution in [-0.4, -0.2) is 13.7 Å². The average Bonchev–Trinajstić information content (AvgIpc) is 2.39. The van der Waals surface area contributed by atoms with E-state index < -0.39 is 0 Å².